The molecular weight excluding hydrogens is 222 g/mol. The Kier molecular flexibility index (Phi) is 1.74. The molecule has 3 aromatic rings. The van der Waals surface area contributed by atoms with Crippen LogP contribution in [0.2, 0.25) is 0 Å². The van der Waals surface area contributed by atoms with Crippen LogP contribution in [0.5, 0.6) is 0 Å². The zero-order chi connectivity index (χ0) is 12.2. The van der Waals surface area contributed by atoms with Crippen molar-refractivity contribution >= 4 is 16.8 Å². The first-order valence-electron chi connectivity index (χ1n) is 4.99. The van der Waals surface area contributed by atoms with Crippen molar-refractivity contribution in [3.05, 3.63) is 39.4 Å². The Hall–Kier alpha value is -2.44. The highest BCUT2D eigenvalue weighted by Crippen LogP contribution is 2.09. The number of hydrogen-bond donors (Lipinski definition) is 0. The number of fused-ring (bicyclic) bond motifs is 3. The monoisotopic (exact) mass is 231 g/mol. The van der Waals surface area contributed by atoms with Crippen molar-refractivity contribution in [3.63, 3.8) is 0 Å². The molecule has 0 radical (unpaired) electrons. The molecule has 0 aliphatic carbocycles. The minimum Gasteiger partial charge on any atom is -0.291 e. The third-order valence-corrected chi connectivity index (χ3v) is 2.81. The van der Waals surface area contributed by atoms with Gasteiger partial charge >= 0.3 is 5.69 Å². The number of aromatic nitrogens is 5. The summed E-state index contributed by atoms with van der Waals surface area (Å²) in [5, 5.41) is 0. The Morgan fingerprint density at radius 1 is 1.18 bits per heavy atom. The van der Waals surface area contributed by atoms with Gasteiger partial charge in [-0.15, -0.1) is 0 Å². The van der Waals surface area contributed by atoms with Crippen LogP contribution in [0.1, 0.15) is 0 Å². The van der Waals surface area contributed by atoms with Gasteiger partial charge in [0.1, 0.15) is 0 Å². The quantitative estimate of drug-likeness (QED) is 0.511. The van der Waals surface area contributed by atoms with E-state index in [0.29, 0.717) is 16.8 Å². The van der Waals surface area contributed by atoms with Crippen molar-refractivity contribution in [2.75, 3.05) is 0 Å². The summed E-state index contributed by atoms with van der Waals surface area (Å²) >= 11 is 0. The lowest BCUT2D eigenvalue weighted by Crippen LogP contribution is -2.37. The highest BCUT2D eigenvalue weighted by atomic mass is 16.2. The van der Waals surface area contributed by atoms with E-state index in [1.165, 1.54) is 11.6 Å². The lowest BCUT2D eigenvalue weighted by Gasteiger charge is -2.02. The van der Waals surface area contributed by atoms with Crippen molar-refractivity contribution in [1.29, 1.82) is 0 Å². The van der Waals surface area contributed by atoms with Crippen LogP contribution in [0, 0.1) is 0 Å². The number of nitrogens with zero attached hydrogens (tertiary/aromatic N) is 5. The molecule has 0 bridgehead atoms. The molecular formula is C10H9N5O2. The molecule has 86 valence electrons. The predicted molar refractivity (Wildman–Crippen MR) is 61.0 cm³/mol. The molecule has 0 saturated carbocycles. The Bertz CT molecular complexity index is 855. The van der Waals surface area contributed by atoms with Crippen LogP contribution < -0.4 is 11.2 Å². The van der Waals surface area contributed by atoms with Crippen molar-refractivity contribution in [2.45, 2.75) is 0 Å². The van der Waals surface area contributed by atoms with E-state index >= 15 is 0 Å². The topological polar surface area (TPSA) is 74.2 Å². The maximum atomic E-state index is 12.0. The maximum Gasteiger partial charge on any atom is 0.332 e. The van der Waals surface area contributed by atoms with Gasteiger partial charge in [-0.25, -0.2) is 9.78 Å². The zero-order valence-electron chi connectivity index (χ0n) is 9.28. The standard InChI is InChI=1S/C10H9N5O2/c1-13-8-7(9(16)14(2)10(13)17)15-4-3-11-5-6(15)12-8/h3-5H,1-2H3. The second-order valence-electron chi connectivity index (χ2n) is 3.79. The normalized spacial score (nSPS) is 11.4. The van der Waals surface area contributed by atoms with E-state index in [2.05, 4.69) is 9.97 Å². The molecule has 0 fully saturated rings. The molecule has 3 aromatic heterocycles. The minimum absolute atomic E-state index is 0.359. The van der Waals surface area contributed by atoms with Crippen LogP contribution in [-0.2, 0) is 14.1 Å². The highest BCUT2D eigenvalue weighted by Gasteiger charge is 2.14. The highest BCUT2D eigenvalue weighted by molar-refractivity contribution is 5.75. The smallest absolute Gasteiger partial charge is 0.291 e. The van der Waals surface area contributed by atoms with Crippen LogP contribution in [0.25, 0.3) is 16.8 Å². The molecule has 0 saturated heterocycles. The summed E-state index contributed by atoms with van der Waals surface area (Å²) in [6.45, 7) is 0. The molecule has 3 rings (SSSR count). The Morgan fingerprint density at radius 3 is 2.71 bits per heavy atom. The van der Waals surface area contributed by atoms with Crippen LogP contribution >= 0.6 is 0 Å². The average Bonchev–Trinajstić information content (AvgIpc) is 2.73. The third kappa shape index (κ3) is 1.10. The summed E-state index contributed by atoms with van der Waals surface area (Å²) in [5.74, 6) is 0. The van der Waals surface area contributed by atoms with Gasteiger partial charge in [0.2, 0.25) is 0 Å². The Morgan fingerprint density at radius 2 is 1.94 bits per heavy atom. The molecule has 0 atom stereocenters. The number of hydrogen-bond acceptors (Lipinski definition) is 4. The van der Waals surface area contributed by atoms with E-state index in [1.54, 1.807) is 30.0 Å². The van der Waals surface area contributed by atoms with Gasteiger partial charge < -0.3 is 0 Å². The SMILES string of the molecule is Cn1c(=O)c2c(nc3cnccn32)n(C)c1=O. The minimum atomic E-state index is -0.390. The summed E-state index contributed by atoms with van der Waals surface area (Å²) < 4.78 is 4.05. The van der Waals surface area contributed by atoms with E-state index in [-0.39, 0.29) is 11.2 Å². The number of rotatable bonds is 0. The largest absolute Gasteiger partial charge is 0.332 e. The van der Waals surface area contributed by atoms with Gasteiger partial charge in [0.15, 0.2) is 16.8 Å². The summed E-state index contributed by atoms with van der Waals surface area (Å²) in [4.78, 5) is 31.9. The predicted octanol–water partition coefficient (Wildman–Crippen LogP) is -0.720. The fourth-order valence-corrected chi connectivity index (χ4v) is 1.89. The van der Waals surface area contributed by atoms with Crippen molar-refractivity contribution in [1.82, 2.24) is 23.5 Å². The van der Waals surface area contributed by atoms with Crippen molar-refractivity contribution < 1.29 is 0 Å². The van der Waals surface area contributed by atoms with Gasteiger partial charge in [0, 0.05) is 26.5 Å². The first kappa shape index (κ1) is 9.76. The lowest BCUT2D eigenvalue weighted by molar-refractivity contribution is 0.708. The van der Waals surface area contributed by atoms with Crippen molar-refractivity contribution in [3.8, 4) is 0 Å². The summed E-state index contributed by atoms with van der Waals surface area (Å²) in [6.07, 6.45) is 4.76. The Labute approximate surface area is 94.6 Å². The van der Waals surface area contributed by atoms with E-state index < -0.39 is 0 Å². The molecule has 0 unspecified atom stereocenters. The molecule has 7 heteroatoms. The van der Waals surface area contributed by atoms with E-state index in [9.17, 15) is 9.59 Å². The molecule has 0 amide bonds. The summed E-state index contributed by atoms with van der Waals surface area (Å²) in [5.41, 5.74) is 0.541. The molecule has 3 heterocycles. The third-order valence-electron chi connectivity index (χ3n) is 2.81. The van der Waals surface area contributed by atoms with Gasteiger partial charge in [0.05, 0.1) is 6.20 Å². The number of aryl methyl sites for hydroxylation is 1. The fraction of sp³-hybridized carbons (Fsp3) is 0.200. The van der Waals surface area contributed by atoms with Crippen molar-refractivity contribution in [2.24, 2.45) is 14.1 Å². The van der Waals surface area contributed by atoms with Crippen LogP contribution in [0.3, 0.4) is 0 Å². The number of imidazole rings is 1. The van der Waals surface area contributed by atoms with E-state index in [4.69, 9.17) is 0 Å². The molecule has 0 aromatic carbocycles. The van der Waals surface area contributed by atoms with Crippen LogP contribution in [0.15, 0.2) is 28.2 Å². The van der Waals surface area contributed by atoms with Gasteiger partial charge in [-0.05, 0) is 0 Å². The zero-order valence-corrected chi connectivity index (χ0v) is 9.28. The Balaban J connectivity index is 2.77. The van der Waals surface area contributed by atoms with Crippen LogP contribution in [-0.4, -0.2) is 23.5 Å². The summed E-state index contributed by atoms with van der Waals surface area (Å²) in [7, 11) is 3.04. The molecule has 0 spiro atoms. The molecule has 0 N–H and O–H groups in total. The van der Waals surface area contributed by atoms with E-state index in [1.807, 2.05) is 0 Å². The summed E-state index contributed by atoms with van der Waals surface area (Å²) in [6, 6.07) is 0. The maximum absolute atomic E-state index is 12.0. The molecule has 0 aliphatic rings. The fourth-order valence-electron chi connectivity index (χ4n) is 1.89. The van der Waals surface area contributed by atoms with E-state index in [0.717, 1.165) is 4.57 Å². The molecule has 0 aliphatic heterocycles. The average molecular weight is 231 g/mol. The second-order valence-corrected chi connectivity index (χ2v) is 3.79. The second kappa shape index (κ2) is 3.03. The first-order valence-corrected chi connectivity index (χ1v) is 4.99. The van der Waals surface area contributed by atoms with Gasteiger partial charge in [0.25, 0.3) is 5.56 Å². The van der Waals surface area contributed by atoms with Crippen LogP contribution in [0.4, 0.5) is 0 Å². The molecule has 7 nitrogen and oxygen atoms in total. The van der Waals surface area contributed by atoms with Gasteiger partial charge in [-0.3, -0.25) is 23.3 Å². The first-order chi connectivity index (χ1) is 8.11. The lowest BCUT2D eigenvalue weighted by atomic mass is 10.5. The van der Waals surface area contributed by atoms with Gasteiger partial charge in [-0.1, -0.05) is 0 Å². The van der Waals surface area contributed by atoms with Gasteiger partial charge in [-0.2, -0.15) is 0 Å². The molecule has 17 heavy (non-hydrogen) atoms.